The molecule has 0 unspecified atom stereocenters. The number of aromatic carboxylic acids is 1. The summed E-state index contributed by atoms with van der Waals surface area (Å²) < 4.78 is 17.9. The van der Waals surface area contributed by atoms with Crippen LogP contribution in [-0.2, 0) is 13.1 Å². The second kappa shape index (κ2) is 8.86. The molecule has 3 aromatic carbocycles. The van der Waals surface area contributed by atoms with E-state index in [2.05, 4.69) is 10.1 Å². The second-order valence-electron chi connectivity index (χ2n) is 8.08. The van der Waals surface area contributed by atoms with Crippen LogP contribution in [0.5, 0.6) is 0 Å². The molecule has 0 radical (unpaired) electrons. The van der Waals surface area contributed by atoms with E-state index in [1.54, 1.807) is 24.3 Å². The first-order chi connectivity index (χ1) is 16.9. The van der Waals surface area contributed by atoms with Crippen molar-refractivity contribution in [3.05, 3.63) is 112 Å². The van der Waals surface area contributed by atoms with Crippen LogP contribution in [0.25, 0.3) is 22.3 Å². The number of aromatic nitrogens is 4. The minimum Gasteiger partial charge on any atom is -0.478 e. The summed E-state index contributed by atoms with van der Waals surface area (Å²) in [5.74, 6) is -1.19. The van der Waals surface area contributed by atoms with Gasteiger partial charge in [0.15, 0.2) is 0 Å². The Morgan fingerprint density at radius 2 is 1.74 bits per heavy atom. The highest BCUT2D eigenvalue weighted by Crippen LogP contribution is 2.24. The molecule has 0 atom stereocenters. The number of benzene rings is 3. The van der Waals surface area contributed by atoms with Crippen molar-refractivity contribution >= 4 is 23.0 Å². The van der Waals surface area contributed by atoms with Gasteiger partial charge in [-0.15, -0.1) is 0 Å². The number of nitrogens with two attached hydrogens (primary N) is 1. The van der Waals surface area contributed by atoms with Gasteiger partial charge in [-0.25, -0.2) is 18.9 Å². The molecule has 0 aliphatic heterocycles. The standard InChI is InChI=1S/C26H20FN5O3/c27-20-9-8-17(14-31-23-7-2-1-6-22(23)29-26(31)28)13-19(20)21-10-11-24(33)32(30-21)15-16-4-3-5-18(12-16)25(34)35/h1-13H,14-15H2,(H2,28,29)(H,34,35). The first-order valence-electron chi connectivity index (χ1n) is 10.8. The predicted octanol–water partition coefficient (Wildman–Crippen LogP) is 3.78. The van der Waals surface area contributed by atoms with Crippen LogP contribution in [0.3, 0.4) is 0 Å². The third-order valence-corrected chi connectivity index (χ3v) is 5.70. The average Bonchev–Trinajstić information content (AvgIpc) is 3.17. The van der Waals surface area contributed by atoms with Crippen molar-refractivity contribution in [3.8, 4) is 11.3 Å². The van der Waals surface area contributed by atoms with Gasteiger partial charge in [-0.2, -0.15) is 5.10 Å². The van der Waals surface area contributed by atoms with Crippen molar-refractivity contribution in [1.29, 1.82) is 0 Å². The number of para-hydroxylation sites is 2. The van der Waals surface area contributed by atoms with Gasteiger partial charge >= 0.3 is 5.97 Å². The molecule has 0 bridgehead atoms. The molecule has 5 rings (SSSR count). The number of anilines is 1. The maximum absolute atomic E-state index is 14.8. The molecule has 0 fully saturated rings. The van der Waals surface area contributed by atoms with Crippen LogP contribution in [0.4, 0.5) is 10.3 Å². The number of carbonyl (C=O) groups is 1. The third-order valence-electron chi connectivity index (χ3n) is 5.70. The smallest absolute Gasteiger partial charge is 0.335 e. The lowest BCUT2D eigenvalue weighted by Crippen LogP contribution is -2.23. The number of rotatable bonds is 6. The first kappa shape index (κ1) is 22.0. The normalized spacial score (nSPS) is 11.1. The van der Waals surface area contributed by atoms with Crippen molar-refractivity contribution < 1.29 is 14.3 Å². The van der Waals surface area contributed by atoms with Crippen LogP contribution < -0.4 is 11.3 Å². The Hall–Kier alpha value is -4.79. The summed E-state index contributed by atoms with van der Waals surface area (Å²) >= 11 is 0. The highest BCUT2D eigenvalue weighted by molar-refractivity contribution is 5.87. The van der Waals surface area contributed by atoms with Crippen LogP contribution >= 0.6 is 0 Å². The summed E-state index contributed by atoms with van der Waals surface area (Å²) in [5.41, 5.74) is 9.36. The minimum absolute atomic E-state index is 0.0483. The molecule has 8 nitrogen and oxygen atoms in total. The summed E-state index contributed by atoms with van der Waals surface area (Å²) in [6.07, 6.45) is 0. The van der Waals surface area contributed by atoms with Crippen molar-refractivity contribution in [2.24, 2.45) is 0 Å². The molecule has 0 spiro atoms. The zero-order chi connectivity index (χ0) is 24.5. The molecule has 2 heterocycles. The summed E-state index contributed by atoms with van der Waals surface area (Å²) in [6.45, 7) is 0.425. The highest BCUT2D eigenvalue weighted by atomic mass is 19.1. The van der Waals surface area contributed by atoms with Gasteiger partial charge in [-0.1, -0.05) is 30.3 Å². The van der Waals surface area contributed by atoms with Gasteiger partial charge in [0.2, 0.25) is 5.95 Å². The molecule has 5 aromatic rings. The van der Waals surface area contributed by atoms with E-state index in [0.29, 0.717) is 18.1 Å². The van der Waals surface area contributed by atoms with Crippen LogP contribution in [-0.4, -0.2) is 30.4 Å². The summed E-state index contributed by atoms with van der Waals surface area (Å²) in [7, 11) is 0. The van der Waals surface area contributed by atoms with Crippen LogP contribution in [0.1, 0.15) is 21.5 Å². The largest absolute Gasteiger partial charge is 0.478 e. The van der Waals surface area contributed by atoms with Crippen LogP contribution in [0, 0.1) is 5.82 Å². The second-order valence-corrected chi connectivity index (χ2v) is 8.08. The third kappa shape index (κ3) is 4.39. The Morgan fingerprint density at radius 1 is 0.943 bits per heavy atom. The molecular weight excluding hydrogens is 449 g/mol. The van der Waals surface area contributed by atoms with Gasteiger partial charge < -0.3 is 15.4 Å². The summed E-state index contributed by atoms with van der Waals surface area (Å²) in [5, 5.41) is 13.6. The number of nitrogens with zero attached hydrogens (tertiary/aromatic N) is 4. The SMILES string of the molecule is Nc1nc2ccccc2n1Cc1ccc(F)c(-c2ccc(=O)n(Cc3cccc(C(=O)O)c3)n2)c1. The van der Waals surface area contributed by atoms with Gasteiger partial charge in [0.05, 0.1) is 35.4 Å². The number of fused-ring (bicyclic) bond motifs is 1. The Kier molecular flexibility index (Phi) is 5.58. The van der Waals surface area contributed by atoms with Gasteiger partial charge in [0.25, 0.3) is 5.56 Å². The van der Waals surface area contributed by atoms with Gasteiger partial charge in [0, 0.05) is 11.6 Å². The number of carboxylic acids is 1. The van der Waals surface area contributed by atoms with Crippen molar-refractivity contribution in [3.63, 3.8) is 0 Å². The maximum Gasteiger partial charge on any atom is 0.335 e. The fraction of sp³-hybridized carbons (Fsp3) is 0.0769. The van der Waals surface area contributed by atoms with E-state index >= 15 is 0 Å². The molecule has 0 saturated carbocycles. The summed E-state index contributed by atoms with van der Waals surface area (Å²) in [4.78, 5) is 28.0. The lowest BCUT2D eigenvalue weighted by Gasteiger charge is -2.11. The van der Waals surface area contributed by atoms with Crippen molar-refractivity contribution in [1.82, 2.24) is 19.3 Å². The molecule has 0 amide bonds. The lowest BCUT2D eigenvalue weighted by molar-refractivity contribution is 0.0696. The molecule has 0 saturated heterocycles. The molecular formula is C26H20FN5O3. The molecule has 35 heavy (non-hydrogen) atoms. The molecule has 174 valence electrons. The Morgan fingerprint density at radius 3 is 2.57 bits per heavy atom. The van der Waals surface area contributed by atoms with E-state index in [-0.39, 0.29) is 28.9 Å². The Balaban J connectivity index is 1.49. The zero-order valence-electron chi connectivity index (χ0n) is 18.4. The first-order valence-corrected chi connectivity index (χ1v) is 10.8. The van der Waals surface area contributed by atoms with Gasteiger partial charge in [0.1, 0.15) is 5.82 Å². The maximum atomic E-state index is 14.8. The number of hydrogen-bond acceptors (Lipinski definition) is 5. The predicted molar refractivity (Wildman–Crippen MR) is 130 cm³/mol. The topological polar surface area (TPSA) is 116 Å². The molecule has 3 N–H and O–H groups in total. The number of hydrogen-bond donors (Lipinski definition) is 2. The monoisotopic (exact) mass is 469 g/mol. The number of imidazole rings is 1. The van der Waals surface area contributed by atoms with E-state index < -0.39 is 11.8 Å². The minimum atomic E-state index is -1.06. The summed E-state index contributed by atoms with van der Waals surface area (Å²) in [6, 6.07) is 21.3. The highest BCUT2D eigenvalue weighted by Gasteiger charge is 2.13. The van der Waals surface area contributed by atoms with Crippen molar-refractivity contribution in [2.75, 3.05) is 5.73 Å². The fourth-order valence-electron chi connectivity index (χ4n) is 3.99. The van der Waals surface area contributed by atoms with E-state index in [1.165, 1.54) is 35.0 Å². The van der Waals surface area contributed by atoms with E-state index in [1.807, 2.05) is 28.8 Å². The zero-order valence-corrected chi connectivity index (χ0v) is 18.4. The molecule has 9 heteroatoms. The van der Waals surface area contributed by atoms with Gasteiger partial charge in [-0.3, -0.25) is 4.79 Å². The van der Waals surface area contributed by atoms with Crippen LogP contribution in [0.15, 0.2) is 83.7 Å². The van der Waals surface area contributed by atoms with E-state index in [0.717, 1.165) is 16.6 Å². The molecule has 2 aromatic heterocycles. The number of carboxylic acid groups (broad SMARTS) is 1. The number of halogens is 1. The lowest BCUT2D eigenvalue weighted by atomic mass is 10.1. The van der Waals surface area contributed by atoms with E-state index in [9.17, 15) is 19.1 Å². The van der Waals surface area contributed by atoms with Crippen LogP contribution in [0.2, 0.25) is 0 Å². The average molecular weight is 469 g/mol. The Bertz CT molecular complexity index is 1640. The fourth-order valence-corrected chi connectivity index (χ4v) is 3.99. The quantitative estimate of drug-likeness (QED) is 0.391. The van der Waals surface area contributed by atoms with Crippen molar-refractivity contribution in [2.45, 2.75) is 13.1 Å². The van der Waals surface area contributed by atoms with Gasteiger partial charge in [-0.05, 0) is 53.6 Å². The molecule has 0 aliphatic rings. The Labute approximate surface area is 198 Å². The van der Waals surface area contributed by atoms with E-state index in [4.69, 9.17) is 5.73 Å². The number of nitrogen functional groups attached to an aromatic ring is 1. The molecule has 0 aliphatic carbocycles.